The van der Waals surface area contributed by atoms with Crippen LogP contribution in [0.3, 0.4) is 0 Å². The molecular formula is C15H17NO3S2. The fraction of sp³-hybridized carbons (Fsp3) is 0.533. The van der Waals surface area contributed by atoms with E-state index in [0.29, 0.717) is 18.6 Å². The van der Waals surface area contributed by atoms with Gasteiger partial charge < -0.3 is 4.74 Å². The Hall–Kier alpha value is -1.01. The van der Waals surface area contributed by atoms with Gasteiger partial charge in [-0.15, -0.1) is 0 Å². The number of pyridine rings is 1. The predicted octanol–water partition coefficient (Wildman–Crippen LogP) is 3.27. The minimum Gasteiger partial charge on any atom is -0.454 e. The third kappa shape index (κ3) is 3.61. The van der Waals surface area contributed by atoms with Crippen molar-refractivity contribution in [3.05, 3.63) is 24.4 Å². The van der Waals surface area contributed by atoms with Gasteiger partial charge in [0.05, 0.1) is 6.42 Å². The summed E-state index contributed by atoms with van der Waals surface area (Å²) >= 11 is 0. The van der Waals surface area contributed by atoms with Crippen LogP contribution in [0.15, 0.2) is 29.4 Å². The molecule has 0 bridgehead atoms. The lowest BCUT2D eigenvalue weighted by Gasteiger charge is -2.17. The van der Waals surface area contributed by atoms with Crippen molar-refractivity contribution in [3.63, 3.8) is 0 Å². The van der Waals surface area contributed by atoms with Crippen LogP contribution in [0.5, 0.6) is 0 Å². The highest BCUT2D eigenvalue weighted by atomic mass is 33.1. The van der Waals surface area contributed by atoms with E-state index in [1.165, 1.54) is 0 Å². The average Bonchev–Trinajstić information content (AvgIpc) is 3.22. The van der Waals surface area contributed by atoms with Gasteiger partial charge >= 0.3 is 5.97 Å². The number of aromatic nitrogens is 1. The number of carbonyl (C=O) groups excluding carboxylic acids is 2. The van der Waals surface area contributed by atoms with E-state index in [4.69, 9.17) is 4.74 Å². The summed E-state index contributed by atoms with van der Waals surface area (Å²) in [4.78, 5) is 27.8. The van der Waals surface area contributed by atoms with Gasteiger partial charge in [0.1, 0.15) is 5.03 Å². The number of carbonyl (C=O) groups is 2. The first kappa shape index (κ1) is 14.9. The zero-order valence-electron chi connectivity index (χ0n) is 11.6. The van der Waals surface area contributed by atoms with Crippen LogP contribution in [-0.4, -0.2) is 28.6 Å². The van der Waals surface area contributed by atoms with E-state index in [-0.39, 0.29) is 17.2 Å². The number of Topliss-reactive ketones (excluding diaryl/α,β-unsaturated/α-hetero) is 1. The average molecular weight is 323 g/mol. The number of rotatable bonds is 6. The van der Waals surface area contributed by atoms with Crippen LogP contribution in [0.2, 0.25) is 0 Å². The van der Waals surface area contributed by atoms with Crippen molar-refractivity contribution in [3.8, 4) is 0 Å². The number of esters is 1. The minimum absolute atomic E-state index is 0.0165. The molecule has 6 heteroatoms. The monoisotopic (exact) mass is 323 g/mol. The summed E-state index contributed by atoms with van der Waals surface area (Å²) in [5.41, 5.74) is 0.0165. The predicted molar refractivity (Wildman–Crippen MR) is 83.0 cm³/mol. The maximum atomic E-state index is 11.9. The van der Waals surface area contributed by atoms with E-state index in [2.05, 4.69) is 4.98 Å². The van der Waals surface area contributed by atoms with Gasteiger partial charge in [0.2, 0.25) is 0 Å². The first-order chi connectivity index (χ1) is 10.2. The molecule has 2 aliphatic rings. The summed E-state index contributed by atoms with van der Waals surface area (Å²) in [6.07, 6.45) is 5.15. The minimum atomic E-state index is -0.460. The van der Waals surface area contributed by atoms with Crippen molar-refractivity contribution in [2.24, 2.45) is 5.41 Å². The van der Waals surface area contributed by atoms with Crippen LogP contribution in [0.1, 0.15) is 32.1 Å². The molecule has 4 nitrogen and oxygen atoms in total. The normalized spacial score (nSPS) is 22.5. The quantitative estimate of drug-likeness (QED) is 0.455. The molecule has 1 atom stereocenters. The van der Waals surface area contributed by atoms with Gasteiger partial charge in [0.15, 0.2) is 11.9 Å². The highest BCUT2D eigenvalue weighted by Gasteiger charge is 2.58. The fourth-order valence-electron chi connectivity index (χ4n) is 2.65. The second kappa shape index (κ2) is 6.40. The molecule has 1 heterocycles. The van der Waals surface area contributed by atoms with Gasteiger partial charge in [-0.05, 0) is 42.2 Å². The van der Waals surface area contributed by atoms with E-state index in [9.17, 15) is 9.59 Å². The summed E-state index contributed by atoms with van der Waals surface area (Å²) in [5, 5.41) is 0.929. The molecule has 0 saturated heterocycles. The van der Waals surface area contributed by atoms with E-state index in [1.807, 2.05) is 18.2 Å². The Labute approximate surface area is 131 Å². The molecule has 1 spiro atoms. The van der Waals surface area contributed by atoms with Crippen LogP contribution >= 0.6 is 21.6 Å². The number of hydrogen-bond donors (Lipinski definition) is 0. The van der Waals surface area contributed by atoms with Gasteiger partial charge in [-0.25, -0.2) is 4.98 Å². The first-order valence-corrected chi connectivity index (χ1v) is 9.44. The Morgan fingerprint density at radius 2 is 2.24 bits per heavy atom. The molecule has 0 aromatic carbocycles. The van der Waals surface area contributed by atoms with Crippen molar-refractivity contribution in [1.82, 2.24) is 4.98 Å². The van der Waals surface area contributed by atoms with Gasteiger partial charge in [0, 0.05) is 23.8 Å². The molecular weight excluding hydrogens is 306 g/mol. The maximum absolute atomic E-state index is 11.9. The molecule has 21 heavy (non-hydrogen) atoms. The SMILES string of the molecule is O=C(CCSSc1ccccn1)OC1C(=O)CCC12CC2. The second-order valence-corrected chi connectivity index (χ2v) is 7.96. The van der Waals surface area contributed by atoms with Crippen molar-refractivity contribution < 1.29 is 14.3 Å². The standard InChI is InChI=1S/C15H17NO3S2/c17-11-4-6-15(7-8-15)14(11)19-13(18)5-10-20-21-12-3-1-2-9-16-12/h1-3,9,14H,4-8,10H2. The lowest BCUT2D eigenvalue weighted by atomic mass is 10.0. The zero-order valence-corrected chi connectivity index (χ0v) is 13.3. The van der Waals surface area contributed by atoms with Gasteiger partial charge in [-0.2, -0.15) is 0 Å². The third-order valence-corrected chi connectivity index (χ3v) is 6.30. The molecule has 2 fully saturated rings. The summed E-state index contributed by atoms with van der Waals surface area (Å²) in [6, 6.07) is 5.74. The molecule has 0 aliphatic heterocycles. The smallest absolute Gasteiger partial charge is 0.307 e. The van der Waals surface area contributed by atoms with E-state index < -0.39 is 6.10 Å². The lowest BCUT2D eigenvalue weighted by Crippen LogP contribution is -2.29. The van der Waals surface area contributed by atoms with Crippen molar-refractivity contribution in [1.29, 1.82) is 0 Å². The molecule has 112 valence electrons. The molecule has 1 unspecified atom stereocenters. The Morgan fingerprint density at radius 1 is 1.38 bits per heavy atom. The molecule has 0 radical (unpaired) electrons. The molecule has 1 aromatic heterocycles. The van der Waals surface area contributed by atoms with Crippen molar-refractivity contribution >= 4 is 33.3 Å². The Bertz CT molecular complexity index is 531. The fourth-order valence-corrected chi connectivity index (χ4v) is 4.50. The summed E-state index contributed by atoms with van der Waals surface area (Å²) < 4.78 is 5.43. The van der Waals surface area contributed by atoms with E-state index in [1.54, 1.807) is 27.8 Å². The van der Waals surface area contributed by atoms with Crippen LogP contribution in [0.4, 0.5) is 0 Å². The lowest BCUT2D eigenvalue weighted by molar-refractivity contribution is -0.156. The molecule has 0 amide bonds. The van der Waals surface area contributed by atoms with Crippen molar-refractivity contribution in [2.75, 3.05) is 5.75 Å². The molecule has 2 saturated carbocycles. The van der Waals surface area contributed by atoms with Crippen LogP contribution in [-0.2, 0) is 14.3 Å². The van der Waals surface area contributed by atoms with Gasteiger partial charge in [0.25, 0.3) is 0 Å². The third-order valence-electron chi connectivity index (χ3n) is 4.03. The highest BCUT2D eigenvalue weighted by Crippen LogP contribution is 2.57. The van der Waals surface area contributed by atoms with Crippen LogP contribution < -0.4 is 0 Å². The molecule has 0 N–H and O–H groups in total. The zero-order chi connectivity index (χ0) is 14.7. The largest absolute Gasteiger partial charge is 0.454 e. The van der Waals surface area contributed by atoms with Crippen LogP contribution in [0, 0.1) is 5.41 Å². The first-order valence-electron chi connectivity index (χ1n) is 7.12. The Kier molecular flexibility index (Phi) is 4.54. The Morgan fingerprint density at radius 3 is 2.95 bits per heavy atom. The summed E-state index contributed by atoms with van der Waals surface area (Å²) in [6.45, 7) is 0. The summed E-state index contributed by atoms with van der Waals surface area (Å²) in [5.74, 6) is 0.514. The molecule has 3 rings (SSSR count). The van der Waals surface area contributed by atoms with E-state index in [0.717, 1.165) is 24.3 Å². The van der Waals surface area contributed by atoms with Gasteiger partial charge in [-0.3, -0.25) is 9.59 Å². The molecule has 2 aliphatic carbocycles. The highest BCUT2D eigenvalue weighted by molar-refractivity contribution is 8.76. The van der Waals surface area contributed by atoms with Crippen LogP contribution in [0.25, 0.3) is 0 Å². The Balaban J connectivity index is 1.38. The number of hydrogen-bond acceptors (Lipinski definition) is 6. The maximum Gasteiger partial charge on any atom is 0.307 e. The topological polar surface area (TPSA) is 56.3 Å². The van der Waals surface area contributed by atoms with Crippen molar-refractivity contribution in [2.45, 2.75) is 43.2 Å². The number of ketones is 1. The van der Waals surface area contributed by atoms with E-state index >= 15 is 0 Å². The van der Waals surface area contributed by atoms with Gasteiger partial charge in [-0.1, -0.05) is 16.9 Å². The summed E-state index contributed by atoms with van der Waals surface area (Å²) in [7, 11) is 3.13. The molecule has 1 aromatic rings. The second-order valence-electron chi connectivity index (χ2n) is 5.52. The number of ether oxygens (including phenoxy) is 1. The number of nitrogens with zero attached hydrogens (tertiary/aromatic N) is 1.